The summed E-state index contributed by atoms with van der Waals surface area (Å²) < 4.78 is 14.4. The number of amides is 2. The Labute approximate surface area is 151 Å². The average molecular weight is 359 g/mol. The summed E-state index contributed by atoms with van der Waals surface area (Å²) in [5, 5.41) is 9.79. The van der Waals surface area contributed by atoms with Gasteiger partial charge in [-0.25, -0.2) is 4.39 Å². The van der Waals surface area contributed by atoms with Gasteiger partial charge in [0, 0.05) is 24.3 Å². The summed E-state index contributed by atoms with van der Waals surface area (Å²) in [7, 11) is 2.04. The molecule has 0 aliphatic carbocycles. The molecule has 2 heterocycles. The van der Waals surface area contributed by atoms with Crippen LogP contribution < -0.4 is 10.6 Å². The van der Waals surface area contributed by atoms with E-state index in [0.29, 0.717) is 11.3 Å². The number of hydrogen-bond donors (Lipinski definition) is 2. The van der Waals surface area contributed by atoms with Crippen molar-refractivity contribution in [3.63, 3.8) is 0 Å². The summed E-state index contributed by atoms with van der Waals surface area (Å²) in [6.45, 7) is 2.00. The number of likely N-dealkylation sites (N-methyl/N-ethyl adjacent to an activating group) is 1. The Morgan fingerprint density at radius 3 is 2.81 bits per heavy atom. The van der Waals surface area contributed by atoms with Gasteiger partial charge in [-0.2, -0.15) is 5.10 Å². The average Bonchev–Trinajstić information content (AvgIpc) is 3.02. The second kappa shape index (κ2) is 8.09. The lowest BCUT2D eigenvalue weighted by atomic mass is 10.1. The molecule has 1 aliphatic heterocycles. The zero-order valence-electron chi connectivity index (χ0n) is 14.6. The number of aromatic nitrogens is 2. The van der Waals surface area contributed by atoms with Gasteiger partial charge in [-0.15, -0.1) is 0 Å². The Hall–Kier alpha value is -2.74. The highest BCUT2D eigenvalue weighted by molar-refractivity contribution is 6.04. The van der Waals surface area contributed by atoms with E-state index in [1.54, 1.807) is 6.20 Å². The van der Waals surface area contributed by atoms with Crippen LogP contribution in [0.4, 0.5) is 10.1 Å². The second-order valence-corrected chi connectivity index (χ2v) is 6.56. The number of carbonyl (C=O) groups is 2. The first-order chi connectivity index (χ1) is 12.5. The molecule has 0 spiro atoms. The fourth-order valence-electron chi connectivity index (χ4n) is 3.02. The molecule has 0 saturated carbocycles. The molecule has 26 heavy (non-hydrogen) atoms. The van der Waals surface area contributed by atoms with E-state index in [4.69, 9.17) is 0 Å². The van der Waals surface area contributed by atoms with Crippen LogP contribution in [0.25, 0.3) is 0 Å². The van der Waals surface area contributed by atoms with Crippen molar-refractivity contribution in [3.8, 4) is 0 Å². The highest BCUT2D eigenvalue weighted by atomic mass is 19.1. The molecule has 7 nitrogen and oxygen atoms in total. The molecule has 1 saturated heterocycles. The van der Waals surface area contributed by atoms with E-state index < -0.39 is 5.82 Å². The molecular formula is C18H22FN5O2. The lowest BCUT2D eigenvalue weighted by Gasteiger charge is -2.30. The zero-order valence-corrected chi connectivity index (χ0v) is 14.6. The first-order valence-electron chi connectivity index (χ1n) is 8.57. The molecule has 1 fully saturated rings. The van der Waals surface area contributed by atoms with Crippen LogP contribution in [0.3, 0.4) is 0 Å². The Balaban J connectivity index is 1.51. The van der Waals surface area contributed by atoms with E-state index in [1.165, 1.54) is 35.1 Å². The Morgan fingerprint density at radius 2 is 2.08 bits per heavy atom. The normalized spacial score (nSPS) is 17.7. The van der Waals surface area contributed by atoms with Gasteiger partial charge in [0.1, 0.15) is 12.4 Å². The molecule has 8 heteroatoms. The van der Waals surface area contributed by atoms with Crippen molar-refractivity contribution in [3.05, 3.63) is 48.0 Å². The van der Waals surface area contributed by atoms with Gasteiger partial charge in [-0.05, 0) is 50.7 Å². The van der Waals surface area contributed by atoms with Gasteiger partial charge in [-0.3, -0.25) is 14.3 Å². The predicted molar refractivity (Wildman–Crippen MR) is 95.2 cm³/mol. The maximum atomic E-state index is 12.9. The van der Waals surface area contributed by atoms with Crippen molar-refractivity contribution in [1.29, 1.82) is 0 Å². The number of hydrogen-bond acceptors (Lipinski definition) is 4. The summed E-state index contributed by atoms with van der Waals surface area (Å²) in [4.78, 5) is 26.5. The summed E-state index contributed by atoms with van der Waals surface area (Å²) in [5.74, 6) is -0.867. The molecule has 138 valence electrons. The number of anilines is 1. The van der Waals surface area contributed by atoms with Gasteiger partial charge >= 0.3 is 0 Å². The van der Waals surface area contributed by atoms with Gasteiger partial charge in [0.2, 0.25) is 5.91 Å². The molecule has 3 rings (SSSR count). The first kappa shape index (κ1) is 18.1. The number of benzene rings is 1. The summed E-state index contributed by atoms with van der Waals surface area (Å²) >= 11 is 0. The van der Waals surface area contributed by atoms with Crippen LogP contribution in [-0.4, -0.2) is 52.7 Å². The molecule has 2 aromatic rings. The highest BCUT2D eigenvalue weighted by Gasteiger charge is 2.19. The molecule has 2 amide bonds. The van der Waals surface area contributed by atoms with Crippen molar-refractivity contribution >= 4 is 17.5 Å². The van der Waals surface area contributed by atoms with E-state index in [1.807, 2.05) is 7.05 Å². The smallest absolute Gasteiger partial charge is 0.255 e. The van der Waals surface area contributed by atoms with E-state index >= 15 is 0 Å². The molecular weight excluding hydrogens is 337 g/mol. The van der Waals surface area contributed by atoms with Crippen LogP contribution in [0, 0.1) is 5.82 Å². The zero-order chi connectivity index (χ0) is 18.5. The van der Waals surface area contributed by atoms with Crippen molar-refractivity contribution in [1.82, 2.24) is 20.0 Å². The first-order valence-corrected chi connectivity index (χ1v) is 8.57. The van der Waals surface area contributed by atoms with Crippen LogP contribution in [-0.2, 0) is 11.3 Å². The minimum absolute atomic E-state index is 0.0899. The van der Waals surface area contributed by atoms with Crippen LogP contribution in [0.5, 0.6) is 0 Å². The van der Waals surface area contributed by atoms with Crippen molar-refractivity contribution in [2.75, 3.05) is 25.5 Å². The van der Waals surface area contributed by atoms with Crippen molar-refractivity contribution in [2.45, 2.75) is 25.4 Å². The lowest BCUT2D eigenvalue weighted by molar-refractivity contribution is -0.122. The highest BCUT2D eigenvalue weighted by Crippen LogP contribution is 2.10. The lowest BCUT2D eigenvalue weighted by Crippen LogP contribution is -2.47. The Kier molecular flexibility index (Phi) is 5.62. The van der Waals surface area contributed by atoms with Crippen LogP contribution in [0.1, 0.15) is 23.2 Å². The number of carbonyl (C=O) groups excluding carboxylic acids is 2. The van der Waals surface area contributed by atoms with Gasteiger partial charge in [0.25, 0.3) is 5.91 Å². The van der Waals surface area contributed by atoms with E-state index in [9.17, 15) is 14.0 Å². The van der Waals surface area contributed by atoms with Crippen molar-refractivity contribution in [2.24, 2.45) is 0 Å². The van der Waals surface area contributed by atoms with Gasteiger partial charge in [-0.1, -0.05) is 0 Å². The van der Waals surface area contributed by atoms with E-state index in [-0.39, 0.29) is 24.4 Å². The molecule has 0 radical (unpaired) electrons. The van der Waals surface area contributed by atoms with E-state index in [2.05, 4.69) is 20.6 Å². The standard InChI is InChI=1S/C18H22FN5O2/c1-23-8-2-3-15(10-23)21-17(25)12-24-11-16(9-20-24)22-18(26)13-4-6-14(19)7-5-13/h4-7,9,11,15H,2-3,8,10,12H2,1H3,(H,21,25)(H,22,26). The fourth-order valence-corrected chi connectivity index (χ4v) is 3.02. The Bertz CT molecular complexity index is 774. The molecule has 1 aromatic carbocycles. The number of halogens is 1. The second-order valence-electron chi connectivity index (χ2n) is 6.56. The summed E-state index contributed by atoms with van der Waals surface area (Å²) in [5.41, 5.74) is 0.822. The molecule has 2 N–H and O–H groups in total. The number of nitrogens with one attached hydrogen (secondary N) is 2. The van der Waals surface area contributed by atoms with Crippen LogP contribution >= 0.6 is 0 Å². The molecule has 1 atom stereocenters. The molecule has 1 aliphatic rings. The number of rotatable bonds is 5. The van der Waals surface area contributed by atoms with Crippen LogP contribution in [0.2, 0.25) is 0 Å². The largest absolute Gasteiger partial charge is 0.350 e. The van der Waals surface area contributed by atoms with Crippen molar-refractivity contribution < 1.29 is 14.0 Å². The topological polar surface area (TPSA) is 79.3 Å². The quantitative estimate of drug-likeness (QED) is 0.848. The minimum Gasteiger partial charge on any atom is -0.350 e. The van der Waals surface area contributed by atoms with Gasteiger partial charge in [0.15, 0.2) is 0 Å². The Morgan fingerprint density at radius 1 is 1.31 bits per heavy atom. The third kappa shape index (κ3) is 4.89. The maximum absolute atomic E-state index is 12.9. The number of nitrogens with zero attached hydrogens (tertiary/aromatic N) is 3. The minimum atomic E-state index is -0.399. The predicted octanol–water partition coefficient (Wildman–Crippen LogP) is 1.48. The summed E-state index contributed by atoms with van der Waals surface area (Å²) in [6.07, 6.45) is 5.12. The molecule has 1 unspecified atom stereocenters. The number of likely N-dealkylation sites (tertiary alicyclic amines) is 1. The third-order valence-electron chi connectivity index (χ3n) is 4.29. The van der Waals surface area contributed by atoms with Gasteiger partial charge < -0.3 is 15.5 Å². The van der Waals surface area contributed by atoms with Gasteiger partial charge in [0.05, 0.1) is 11.9 Å². The monoisotopic (exact) mass is 359 g/mol. The summed E-state index contributed by atoms with van der Waals surface area (Å²) in [6, 6.07) is 5.43. The molecule has 0 bridgehead atoms. The van der Waals surface area contributed by atoms with E-state index in [0.717, 1.165) is 25.9 Å². The molecule has 1 aromatic heterocycles. The SMILES string of the molecule is CN1CCCC(NC(=O)Cn2cc(NC(=O)c3ccc(F)cc3)cn2)C1. The number of piperidine rings is 1. The van der Waals surface area contributed by atoms with Crippen LogP contribution in [0.15, 0.2) is 36.7 Å². The fraction of sp³-hybridized carbons (Fsp3) is 0.389. The third-order valence-corrected chi connectivity index (χ3v) is 4.29. The maximum Gasteiger partial charge on any atom is 0.255 e.